The molecule has 2 nitrogen and oxygen atoms in total. The first-order valence-corrected chi connectivity index (χ1v) is 11.6. The Morgan fingerprint density at radius 1 is 0.889 bits per heavy atom. The fourth-order valence-electron chi connectivity index (χ4n) is 9.52. The molecule has 5 aliphatic carbocycles. The number of hydrogen-bond donors (Lipinski definition) is 2. The van der Waals surface area contributed by atoms with Crippen LogP contribution in [-0.2, 0) is 0 Å². The minimum absolute atomic E-state index is 0.119. The molecule has 5 rings (SSSR count). The molecule has 0 saturated heterocycles. The summed E-state index contributed by atoms with van der Waals surface area (Å²) in [4.78, 5) is 0. The summed E-state index contributed by atoms with van der Waals surface area (Å²) in [7, 11) is 0. The molecular weight excluding hydrogens is 332 g/mol. The van der Waals surface area contributed by atoms with Crippen molar-refractivity contribution in [3.8, 4) is 0 Å². The fraction of sp³-hybridized carbons (Fsp3) is 0.920. The van der Waals surface area contributed by atoms with Crippen LogP contribution in [0.1, 0.15) is 80.1 Å². The van der Waals surface area contributed by atoms with Gasteiger partial charge in [-0.2, -0.15) is 0 Å². The minimum atomic E-state index is -0.329. The van der Waals surface area contributed by atoms with Gasteiger partial charge in [-0.25, -0.2) is 0 Å². The third-order valence-corrected chi connectivity index (χ3v) is 11.0. The van der Waals surface area contributed by atoms with Crippen LogP contribution in [0.4, 0.5) is 0 Å². The Kier molecular flexibility index (Phi) is 3.61. The van der Waals surface area contributed by atoms with Gasteiger partial charge in [0.05, 0.1) is 12.2 Å². The Bertz CT molecular complexity index is 694. The maximum absolute atomic E-state index is 11.4. The van der Waals surface area contributed by atoms with Crippen LogP contribution < -0.4 is 0 Å². The average Bonchev–Trinajstić information content (AvgIpc) is 3.09. The maximum Gasteiger partial charge on any atom is 0.0637 e. The zero-order chi connectivity index (χ0) is 19.6. The smallest absolute Gasteiger partial charge is 0.0637 e. The lowest BCUT2D eigenvalue weighted by Crippen LogP contribution is -2.57. The molecule has 2 heteroatoms. The van der Waals surface area contributed by atoms with Crippen LogP contribution in [0.2, 0.25) is 0 Å². The second kappa shape index (κ2) is 5.22. The molecule has 0 heterocycles. The molecule has 0 aliphatic heterocycles. The van der Waals surface area contributed by atoms with E-state index in [0.717, 1.165) is 24.7 Å². The zero-order valence-electron chi connectivity index (χ0n) is 18.3. The van der Waals surface area contributed by atoms with Gasteiger partial charge in [-0.05, 0) is 84.4 Å². The van der Waals surface area contributed by atoms with E-state index in [9.17, 15) is 10.2 Å². The normalized spacial score (nSPS) is 61.0. The third-order valence-electron chi connectivity index (χ3n) is 11.0. The molecule has 5 aliphatic rings. The number of rotatable bonds is 0. The van der Waals surface area contributed by atoms with Gasteiger partial charge in [-0.1, -0.05) is 53.2 Å². The Labute approximate surface area is 165 Å². The van der Waals surface area contributed by atoms with Gasteiger partial charge in [0.15, 0.2) is 0 Å². The quantitative estimate of drug-likeness (QED) is 0.575. The Hall–Kier alpha value is -0.340. The van der Waals surface area contributed by atoms with Gasteiger partial charge in [-0.15, -0.1) is 0 Å². The molecule has 4 fully saturated rings. The molecule has 0 bridgehead atoms. The number of hydrogen-bond acceptors (Lipinski definition) is 2. The summed E-state index contributed by atoms with van der Waals surface area (Å²) in [6.45, 7) is 14.4. The average molecular weight is 373 g/mol. The van der Waals surface area contributed by atoms with Crippen molar-refractivity contribution in [3.05, 3.63) is 11.6 Å². The van der Waals surface area contributed by atoms with Crippen molar-refractivity contribution in [2.45, 2.75) is 92.3 Å². The minimum Gasteiger partial charge on any atom is -0.393 e. The molecular formula is C25H40O2. The van der Waals surface area contributed by atoms with Gasteiger partial charge in [0.2, 0.25) is 0 Å². The molecule has 10 atom stereocenters. The van der Waals surface area contributed by atoms with Crippen molar-refractivity contribution < 1.29 is 10.2 Å². The molecule has 0 radical (unpaired) electrons. The lowest BCUT2D eigenvalue weighted by Gasteiger charge is -2.58. The SMILES string of the molecule is C[C@H]1CC[C@@H]2CC[C@@H]3C(=C[C@]4(C)C3[C@H]3C(C)(C)C[C@H](O)[C@@]3(C)C[C@H]4O)[C@@]21C. The van der Waals surface area contributed by atoms with Crippen LogP contribution in [0.3, 0.4) is 0 Å². The predicted octanol–water partition coefficient (Wildman–Crippen LogP) is 5.19. The summed E-state index contributed by atoms with van der Waals surface area (Å²) >= 11 is 0. The summed E-state index contributed by atoms with van der Waals surface area (Å²) in [5.41, 5.74) is 1.92. The van der Waals surface area contributed by atoms with Crippen molar-refractivity contribution >= 4 is 0 Å². The van der Waals surface area contributed by atoms with E-state index in [0.29, 0.717) is 23.2 Å². The topological polar surface area (TPSA) is 40.5 Å². The molecule has 0 aromatic carbocycles. The van der Waals surface area contributed by atoms with E-state index >= 15 is 0 Å². The number of aliphatic hydroxyl groups is 2. The molecule has 0 amide bonds. The first-order valence-electron chi connectivity index (χ1n) is 11.6. The largest absolute Gasteiger partial charge is 0.393 e. The molecule has 0 aromatic rings. The zero-order valence-corrected chi connectivity index (χ0v) is 18.3. The fourth-order valence-corrected chi connectivity index (χ4v) is 9.52. The van der Waals surface area contributed by atoms with Crippen LogP contribution >= 0.6 is 0 Å². The second-order valence-corrected chi connectivity index (χ2v) is 12.5. The summed E-state index contributed by atoms with van der Waals surface area (Å²) < 4.78 is 0. The van der Waals surface area contributed by atoms with Crippen LogP contribution in [0.15, 0.2) is 11.6 Å². The predicted molar refractivity (Wildman–Crippen MR) is 109 cm³/mol. The highest BCUT2D eigenvalue weighted by molar-refractivity contribution is 5.37. The van der Waals surface area contributed by atoms with E-state index in [1.807, 2.05) is 0 Å². The van der Waals surface area contributed by atoms with Gasteiger partial charge in [-0.3, -0.25) is 0 Å². The number of allylic oxidation sites excluding steroid dienone is 1. The van der Waals surface area contributed by atoms with Crippen molar-refractivity contribution in [3.63, 3.8) is 0 Å². The van der Waals surface area contributed by atoms with Crippen molar-refractivity contribution in [2.75, 3.05) is 0 Å². The van der Waals surface area contributed by atoms with Crippen LogP contribution in [0.25, 0.3) is 0 Å². The van der Waals surface area contributed by atoms with Crippen molar-refractivity contribution in [1.82, 2.24) is 0 Å². The van der Waals surface area contributed by atoms with Crippen molar-refractivity contribution in [1.29, 1.82) is 0 Å². The lowest BCUT2D eigenvalue weighted by molar-refractivity contribution is -0.144. The molecule has 0 spiro atoms. The second-order valence-electron chi connectivity index (χ2n) is 12.5. The van der Waals surface area contributed by atoms with E-state index in [-0.39, 0.29) is 28.5 Å². The van der Waals surface area contributed by atoms with Crippen LogP contribution in [0, 0.1) is 51.2 Å². The van der Waals surface area contributed by atoms with Gasteiger partial charge in [0.25, 0.3) is 0 Å². The number of aliphatic hydroxyl groups excluding tert-OH is 2. The van der Waals surface area contributed by atoms with Crippen LogP contribution in [0.5, 0.6) is 0 Å². The van der Waals surface area contributed by atoms with E-state index in [1.165, 1.54) is 25.7 Å². The van der Waals surface area contributed by atoms with E-state index in [4.69, 9.17) is 0 Å². The summed E-state index contributed by atoms with van der Waals surface area (Å²) in [6, 6.07) is 0. The first-order chi connectivity index (χ1) is 12.5. The maximum atomic E-state index is 11.4. The lowest BCUT2D eigenvalue weighted by atomic mass is 9.47. The Morgan fingerprint density at radius 3 is 2.26 bits per heavy atom. The van der Waals surface area contributed by atoms with Gasteiger partial charge < -0.3 is 10.2 Å². The molecule has 1 unspecified atom stereocenters. The Morgan fingerprint density at radius 2 is 1.56 bits per heavy atom. The molecule has 27 heavy (non-hydrogen) atoms. The van der Waals surface area contributed by atoms with Crippen LogP contribution in [-0.4, -0.2) is 22.4 Å². The molecule has 2 N–H and O–H groups in total. The van der Waals surface area contributed by atoms with E-state index in [2.05, 4.69) is 47.6 Å². The van der Waals surface area contributed by atoms with E-state index in [1.54, 1.807) is 5.57 Å². The molecule has 4 saturated carbocycles. The first kappa shape index (κ1) is 18.7. The van der Waals surface area contributed by atoms with Gasteiger partial charge >= 0.3 is 0 Å². The third kappa shape index (κ3) is 2.00. The monoisotopic (exact) mass is 372 g/mol. The van der Waals surface area contributed by atoms with Crippen molar-refractivity contribution in [2.24, 2.45) is 51.2 Å². The number of fused-ring (bicyclic) bond motifs is 7. The summed E-state index contributed by atoms with van der Waals surface area (Å²) in [5, 5.41) is 22.5. The highest BCUT2D eigenvalue weighted by Gasteiger charge is 2.70. The molecule has 0 aromatic heterocycles. The highest BCUT2D eigenvalue weighted by atomic mass is 16.3. The highest BCUT2D eigenvalue weighted by Crippen LogP contribution is 2.74. The summed E-state index contributed by atoms with van der Waals surface area (Å²) in [6.07, 6.45) is 9.01. The van der Waals surface area contributed by atoms with Gasteiger partial charge in [0, 0.05) is 5.41 Å². The van der Waals surface area contributed by atoms with Gasteiger partial charge in [0.1, 0.15) is 0 Å². The summed E-state index contributed by atoms with van der Waals surface area (Å²) in [5.74, 6) is 3.18. The Balaban J connectivity index is 1.66. The standard InChI is InChI=1S/C25H40O2/c1-14-7-8-15-9-10-16-17(25(14,15)6)11-23(4)19(27)13-24(5)18(26)12-22(2,3)21(24)20(16)23/h11,14-16,18-21,26-27H,7-10,12-13H2,1-6H3/t14-,15+,16+,18-,19+,20?,21-,23-,24+,25+/m0/s1. The van der Waals surface area contributed by atoms with E-state index < -0.39 is 0 Å². The molecule has 152 valence electrons.